The average Bonchev–Trinajstić information content (AvgIpc) is 2.76. The van der Waals surface area contributed by atoms with Gasteiger partial charge >= 0.3 is 0 Å². The van der Waals surface area contributed by atoms with E-state index in [4.69, 9.17) is 9.47 Å². The van der Waals surface area contributed by atoms with E-state index < -0.39 is 0 Å². The van der Waals surface area contributed by atoms with Crippen molar-refractivity contribution in [1.82, 2.24) is 5.32 Å². The third kappa shape index (κ3) is 2.85. The van der Waals surface area contributed by atoms with Gasteiger partial charge < -0.3 is 14.8 Å². The van der Waals surface area contributed by atoms with Crippen LogP contribution in [0.25, 0.3) is 0 Å². The molecule has 0 aliphatic carbocycles. The van der Waals surface area contributed by atoms with Crippen molar-refractivity contribution >= 4 is 18.5 Å². The Labute approximate surface area is 106 Å². The minimum absolute atomic E-state index is 0.0493. The summed E-state index contributed by atoms with van der Waals surface area (Å²) in [4.78, 5) is 11.0. The maximum atomic E-state index is 11.0. The highest BCUT2D eigenvalue weighted by Crippen LogP contribution is 2.34. The van der Waals surface area contributed by atoms with Crippen molar-refractivity contribution in [3.8, 4) is 11.5 Å². The van der Waals surface area contributed by atoms with Gasteiger partial charge in [0, 0.05) is 6.54 Å². The Morgan fingerprint density at radius 2 is 2.12 bits per heavy atom. The summed E-state index contributed by atoms with van der Waals surface area (Å²) in [5.41, 5.74) is 2.31. The number of fused-ring (bicyclic) bond motifs is 1. The molecule has 4 nitrogen and oxygen atoms in total. The molecule has 0 unspecified atom stereocenters. The number of rotatable bonds is 4. The molecule has 0 fully saturated rings. The summed E-state index contributed by atoms with van der Waals surface area (Å²) < 4.78 is 10.6. The first-order chi connectivity index (χ1) is 8.20. The van der Waals surface area contributed by atoms with Crippen molar-refractivity contribution in [3.05, 3.63) is 23.3 Å². The van der Waals surface area contributed by atoms with Crippen LogP contribution in [-0.2, 0) is 11.2 Å². The fourth-order valence-corrected chi connectivity index (χ4v) is 1.86. The molecule has 0 atom stereocenters. The minimum atomic E-state index is -0.0493. The summed E-state index contributed by atoms with van der Waals surface area (Å²) in [7, 11) is 0. The van der Waals surface area contributed by atoms with Crippen LogP contribution in [0.3, 0.4) is 0 Å². The molecule has 0 saturated carbocycles. The van der Waals surface area contributed by atoms with Crippen LogP contribution in [0, 0.1) is 6.92 Å². The molecule has 0 spiro atoms. The van der Waals surface area contributed by atoms with Crippen molar-refractivity contribution in [2.45, 2.75) is 13.3 Å². The minimum Gasteiger partial charge on any atom is -0.454 e. The van der Waals surface area contributed by atoms with Crippen LogP contribution in [0.15, 0.2) is 12.1 Å². The summed E-state index contributed by atoms with van der Waals surface area (Å²) >= 11 is 3.90. The third-order valence-electron chi connectivity index (χ3n) is 2.69. The van der Waals surface area contributed by atoms with E-state index in [1.807, 2.05) is 19.1 Å². The molecule has 1 aliphatic rings. The highest BCUT2D eigenvalue weighted by Gasteiger charge is 2.15. The summed E-state index contributed by atoms with van der Waals surface area (Å²) in [6.45, 7) is 2.92. The molecule has 1 heterocycles. The van der Waals surface area contributed by atoms with Crippen LogP contribution in [-0.4, -0.2) is 25.0 Å². The Bertz CT molecular complexity index is 434. The Kier molecular flexibility index (Phi) is 3.78. The van der Waals surface area contributed by atoms with E-state index >= 15 is 0 Å². The fourth-order valence-electron chi connectivity index (χ4n) is 1.75. The molecular formula is C12H15NO3S. The molecule has 17 heavy (non-hydrogen) atoms. The second-order valence-electron chi connectivity index (χ2n) is 3.89. The van der Waals surface area contributed by atoms with E-state index in [1.54, 1.807) is 0 Å². The number of hydrogen-bond acceptors (Lipinski definition) is 4. The van der Waals surface area contributed by atoms with Crippen LogP contribution in [0.5, 0.6) is 11.5 Å². The summed E-state index contributed by atoms with van der Waals surface area (Å²) in [6.07, 6.45) is 0.780. The first kappa shape index (κ1) is 12.1. The number of ether oxygens (including phenoxy) is 2. The lowest BCUT2D eigenvalue weighted by atomic mass is 10.0. The largest absolute Gasteiger partial charge is 0.454 e. The molecule has 1 aromatic carbocycles. The number of carbonyl (C=O) groups is 1. The quantitative estimate of drug-likeness (QED) is 0.795. The van der Waals surface area contributed by atoms with Gasteiger partial charge in [0.25, 0.3) is 0 Å². The zero-order valence-corrected chi connectivity index (χ0v) is 10.5. The Morgan fingerprint density at radius 3 is 2.82 bits per heavy atom. The van der Waals surface area contributed by atoms with Gasteiger partial charge in [-0.05, 0) is 36.6 Å². The van der Waals surface area contributed by atoms with E-state index in [0.717, 1.165) is 29.0 Å². The van der Waals surface area contributed by atoms with Crippen LogP contribution in [0.4, 0.5) is 0 Å². The number of amides is 1. The predicted octanol–water partition coefficient (Wildman–Crippen LogP) is 1.31. The molecule has 5 heteroatoms. The van der Waals surface area contributed by atoms with Gasteiger partial charge in [0.1, 0.15) is 0 Å². The molecule has 92 valence electrons. The molecule has 1 aliphatic heterocycles. The van der Waals surface area contributed by atoms with E-state index in [-0.39, 0.29) is 18.5 Å². The standard InChI is InChI=1S/C12H15NO3S/c1-8-4-10-11(16-7-15-10)5-9(8)2-3-13-12(14)6-17/h4-5,17H,2-3,6-7H2,1H3,(H,13,14). The van der Waals surface area contributed by atoms with Gasteiger partial charge in [-0.25, -0.2) is 0 Å². The van der Waals surface area contributed by atoms with Crippen LogP contribution in [0.2, 0.25) is 0 Å². The molecular weight excluding hydrogens is 238 g/mol. The number of hydrogen-bond donors (Lipinski definition) is 2. The van der Waals surface area contributed by atoms with Crippen molar-refractivity contribution in [1.29, 1.82) is 0 Å². The van der Waals surface area contributed by atoms with Gasteiger partial charge in [0.05, 0.1) is 5.75 Å². The number of thiol groups is 1. The smallest absolute Gasteiger partial charge is 0.231 e. The molecule has 2 rings (SSSR count). The second-order valence-corrected chi connectivity index (χ2v) is 4.21. The lowest BCUT2D eigenvalue weighted by molar-refractivity contribution is -0.118. The number of nitrogens with one attached hydrogen (secondary N) is 1. The first-order valence-electron chi connectivity index (χ1n) is 5.47. The Balaban J connectivity index is 1.99. The number of benzene rings is 1. The Morgan fingerprint density at radius 1 is 1.41 bits per heavy atom. The molecule has 0 radical (unpaired) electrons. The molecule has 0 bridgehead atoms. The highest BCUT2D eigenvalue weighted by molar-refractivity contribution is 7.81. The Hall–Kier alpha value is -1.36. The zero-order chi connectivity index (χ0) is 12.3. The molecule has 1 N–H and O–H groups in total. The summed E-state index contributed by atoms with van der Waals surface area (Å²) in [6, 6.07) is 3.95. The predicted molar refractivity (Wildman–Crippen MR) is 67.9 cm³/mol. The normalized spacial score (nSPS) is 12.6. The maximum absolute atomic E-state index is 11.0. The summed E-state index contributed by atoms with van der Waals surface area (Å²) in [5.74, 6) is 1.75. The maximum Gasteiger partial charge on any atom is 0.231 e. The highest BCUT2D eigenvalue weighted by atomic mass is 32.1. The van der Waals surface area contributed by atoms with Crippen molar-refractivity contribution in [3.63, 3.8) is 0 Å². The SMILES string of the molecule is Cc1cc2c(cc1CCNC(=O)CS)OCO2. The van der Waals surface area contributed by atoms with Gasteiger partial charge in [-0.15, -0.1) is 0 Å². The summed E-state index contributed by atoms with van der Waals surface area (Å²) in [5, 5.41) is 2.79. The van der Waals surface area contributed by atoms with Crippen molar-refractivity contribution in [2.75, 3.05) is 19.1 Å². The van der Waals surface area contributed by atoms with Crippen LogP contribution in [0.1, 0.15) is 11.1 Å². The van der Waals surface area contributed by atoms with Crippen LogP contribution >= 0.6 is 12.6 Å². The van der Waals surface area contributed by atoms with Gasteiger partial charge in [-0.3, -0.25) is 4.79 Å². The van der Waals surface area contributed by atoms with Crippen LogP contribution < -0.4 is 14.8 Å². The van der Waals surface area contributed by atoms with E-state index in [2.05, 4.69) is 17.9 Å². The number of carbonyl (C=O) groups excluding carboxylic acids is 1. The lowest BCUT2D eigenvalue weighted by Gasteiger charge is -2.08. The molecule has 0 saturated heterocycles. The molecule has 0 aromatic heterocycles. The van der Waals surface area contributed by atoms with E-state index in [0.29, 0.717) is 6.54 Å². The van der Waals surface area contributed by atoms with Crippen molar-refractivity contribution < 1.29 is 14.3 Å². The lowest BCUT2D eigenvalue weighted by Crippen LogP contribution is -2.26. The van der Waals surface area contributed by atoms with Gasteiger partial charge in [-0.2, -0.15) is 12.6 Å². The average molecular weight is 253 g/mol. The monoisotopic (exact) mass is 253 g/mol. The number of aryl methyl sites for hydroxylation is 1. The van der Waals surface area contributed by atoms with Gasteiger partial charge in [-0.1, -0.05) is 0 Å². The van der Waals surface area contributed by atoms with Gasteiger partial charge in [0.2, 0.25) is 12.7 Å². The third-order valence-corrected chi connectivity index (χ3v) is 2.98. The molecule has 1 aromatic rings. The van der Waals surface area contributed by atoms with Crippen molar-refractivity contribution in [2.24, 2.45) is 0 Å². The molecule has 1 amide bonds. The second kappa shape index (κ2) is 5.31. The van der Waals surface area contributed by atoms with Gasteiger partial charge in [0.15, 0.2) is 11.5 Å². The van der Waals surface area contributed by atoms with E-state index in [9.17, 15) is 4.79 Å². The zero-order valence-electron chi connectivity index (χ0n) is 9.66. The van der Waals surface area contributed by atoms with E-state index in [1.165, 1.54) is 0 Å². The topological polar surface area (TPSA) is 47.6 Å². The first-order valence-corrected chi connectivity index (χ1v) is 6.10. The fraction of sp³-hybridized carbons (Fsp3) is 0.417.